The smallest absolute Gasteiger partial charge is 0.235 e. The van der Waals surface area contributed by atoms with Gasteiger partial charge >= 0.3 is 0 Å². The predicted octanol–water partition coefficient (Wildman–Crippen LogP) is 2.31. The van der Waals surface area contributed by atoms with Crippen LogP contribution in [0.3, 0.4) is 0 Å². The Morgan fingerprint density at radius 2 is 1.95 bits per heavy atom. The minimum Gasteiger partial charge on any atom is -0.376 e. The standard InChI is InChI=1S/C26H34N8O3S/c1-17-23(27)26(16-37-17)8-12-32(13-9-26)21-15-28-22-24(29-21)30-31-25(22)33-10-3-5-18-19(33)6-2-7-20(18)34-11-4-14-38(34,35)36/h2,6-7,15,17,23H,3-5,8-14,16,27H2,1H3,(H,29,30,31)/t17-,23+/m0/s1. The summed E-state index contributed by atoms with van der Waals surface area (Å²) in [6.45, 7) is 5.85. The van der Waals surface area contributed by atoms with Crippen molar-refractivity contribution < 1.29 is 13.2 Å². The lowest BCUT2D eigenvalue weighted by Gasteiger charge is -2.41. The van der Waals surface area contributed by atoms with E-state index in [-0.39, 0.29) is 23.3 Å². The van der Waals surface area contributed by atoms with Gasteiger partial charge in [0.25, 0.3) is 0 Å². The molecule has 12 heteroatoms. The van der Waals surface area contributed by atoms with Crippen LogP contribution in [-0.4, -0.2) is 79.3 Å². The number of rotatable bonds is 3. The van der Waals surface area contributed by atoms with Gasteiger partial charge in [-0.3, -0.25) is 9.40 Å². The van der Waals surface area contributed by atoms with Crippen molar-refractivity contribution in [3.63, 3.8) is 0 Å². The molecule has 0 unspecified atom stereocenters. The number of fused-ring (bicyclic) bond motifs is 2. The highest BCUT2D eigenvalue weighted by atomic mass is 32.2. The molecule has 0 bridgehead atoms. The Morgan fingerprint density at radius 3 is 2.68 bits per heavy atom. The Labute approximate surface area is 222 Å². The average molecular weight is 539 g/mol. The van der Waals surface area contributed by atoms with Gasteiger partial charge < -0.3 is 20.3 Å². The van der Waals surface area contributed by atoms with E-state index >= 15 is 0 Å². The molecule has 0 saturated carbocycles. The number of H-pyrrole nitrogens is 1. The Kier molecular flexibility index (Phi) is 5.57. The summed E-state index contributed by atoms with van der Waals surface area (Å²) in [6, 6.07) is 5.98. The van der Waals surface area contributed by atoms with E-state index in [0.717, 1.165) is 80.5 Å². The summed E-state index contributed by atoms with van der Waals surface area (Å²) in [5, 5.41) is 7.73. The van der Waals surface area contributed by atoms with Gasteiger partial charge in [0, 0.05) is 48.9 Å². The molecule has 38 heavy (non-hydrogen) atoms. The molecule has 7 rings (SSSR count). The van der Waals surface area contributed by atoms with Gasteiger partial charge in [0.05, 0.1) is 30.3 Å². The molecule has 3 fully saturated rings. The van der Waals surface area contributed by atoms with Gasteiger partial charge in [0.15, 0.2) is 17.0 Å². The number of benzene rings is 1. The maximum Gasteiger partial charge on any atom is 0.235 e. The van der Waals surface area contributed by atoms with Crippen LogP contribution < -0.4 is 19.8 Å². The van der Waals surface area contributed by atoms with Crippen LogP contribution in [0.4, 0.5) is 23.0 Å². The van der Waals surface area contributed by atoms with Crippen LogP contribution in [-0.2, 0) is 21.2 Å². The summed E-state index contributed by atoms with van der Waals surface area (Å²) in [5.74, 6) is 1.77. The molecule has 1 aromatic carbocycles. The van der Waals surface area contributed by atoms with Gasteiger partial charge in [-0.15, -0.1) is 0 Å². The van der Waals surface area contributed by atoms with Crippen molar-refractivity contribution in [2.45, 2.75) is 51.2 Å². The minimum atomic E-state index is -3.26. The largest absolute Gasteiger partial charge is 0.376 e. The number of aromatic nitrogens is 4. The molecule has 202 valence electrons. The van der Waals surface area contributed by atoms with Crippen LogP contribution in [0.25, 0.3) is 11.2 Å². The summed E-state index contributed by atoms with van der Waals surface area (Å²) in [7, 11) is -3.26. The Bertz CT molecular complexity index is 1480. The normalized spacial score (nSPS) is 26.4. The van der Waals surface area contributed by atoms with Crippen molar-refractivity contribution >= 4 is 44.2 Å². The molecule has 2 aromatic heterocycles. The van der Waals surface area contributed by atoms with E-state index in [1.165, 1.54) is 0 Å². The minimum absolute atomic E-state index is 0.0590. The molecule has 0 aliphatic carbocycles. The maximum absolute atomic E-state index is 12.7. The van der Waals surface area contributed by atoms with Gasteiger partial charge in [-0.25, -0.2) is 18.4 Å². The number of anilines is 4. The van der Waals surface area contributed by atoms with Crippen molar-refractivity contribution in [1.82, 2.24) is 20.2 Å². The third-order valence-corrected chi connectivity index (χ3v) is 10.9. The van der Waals surface area contributed by atoms with E-state index in [4.69, 9.17) is 20.4 Å². The highest BCUT2D eigenvalue weighted by Crippen LogP contribution is 2.43. The fourth-order valence-corrected chi connectivity index (χ4v) is 8.34. The molecular formula is C26H34N8O3S. The van der Waals surface area contributed by atoms with Crippen molar-refractivity contribution in [1.29, 1.82) is 0 Å². The highest BCUT2D eigenvalue weighted by Gasteiger charge is 2.47. The first-order chi connectivity index (χ1) is 18.4. The van der Waals surface area contributed by atoms with E-state index in [0.29, 0.717) is 24.1 Å². The second kappa shape index (κ2) is 8.78. The molecule has 2 atom stereocenters. The molecular weight excluding hydrogens is 504 g/mol. The van der Waals surface area contributed by atoms with Crippen LogP contribution >= 0.6 is 0 Å². The number of sulfonamides is 1. The third kappa shape index (κ3) is 3.68. The predicted molar refractivity (Wildman–Crippen MR) is 146 cm³/mol. The molecule has 3 saturated heterocycles. The third-order valence-electron chi connectivity index (χ3n) is 9.02. The molecule has 4 aliphatic heterocycles. The van der Waals surface area contributed by atoms with E-state index < -0.39 is 10.0 Å². The molecule has 3 aromatic rings. The lowest BCUT2D eigenvalue weighted by molar-refractivity contribution is 0.0974. The SMILES string of the molecule is C[C@@H]1OCC2(CCN(c3cnc4c(N5CCCc6c5cccc6N5CCCS5(=O)=O)n[nH]c4n3)CC2)[C@@H]1N. The van der Waals surface area contributed by atoms with Crippen LogP contribution in [0.2, 0.25) is 0 Å². The van der Waals surface area contributed by atoms with Gasteiger partial charge in [-0.2, -0.15) is 5.10 Å². The monoisotopic (exact) mass is 538 g/mol. The zero-order chi connectivity index (χ0) is 26.1. The fraction of sp³-hybridized carbons (Fsp3) is 0.577. The van der Waals surface area contributed by atoms with E-state index in [1.54, 1.807) is 4.31 Å². The number of piperidine rings is 1. The molecule has 11 nitrogen and oxygen atoms in total. The number of ether oxygens (including phenoxy) is 1. The molecule has 1 spiro atoms. The quantitative estimate of drug-likeness (QED) is 0.515. The Hall–Kier alpha value is -2.96. The zero-order valence-corrected chi connectivity index (χ0v) is 22.5. The summed E-state index contributed by atoms with van der Waals surface area (Å²) in [6.07, 6.45) is 6.30. The number of hydrogen-bond acceptors (Lipinski definition) is 9. The zero-order valence-electron chi connectivity index (χ0n) is 21.6. The van der Waals surface area contributed by atoms with Crippen LogP contribution in [0, 0.1) is 5.41 Å². The maximum atomic E-state index is 12.7. The van der Waals surface area contributed by atoms with Gasteiger partial charge in [0.2, 0.25) is 10.0 Å². The summed E-state index contributed by atoms with van der Waals surface area (Å²) in [4.78, 5) is 14.1. The Balaban J connectivity index is 1.16. The molecule has 3 N–H and O–H groups in total. The van der Waals surface area contributed by atoms with Crippen molar-refractivity contribution in [3.05, 3.63) is 30.0 Å². The summed E-state index contributed by atoms with van der Waals surface area (Å²) < 4.78 is 32.8. The van der Waals surface area contributed by atoms with Crippen molar-refractivity contribution in [2.24, 2.45) is 11.1 Å². The Morgan fingerprint density at radius 1 is 1.13 bits per heavy atom. The second-order valence-corrected chi connectivity index (χ2v) is 13.1. The fourth-order valence-electron chi connectivity index (χ4n) is 6.74. The first kappa shape index (κ1) is 24.1. The van der Waals surface area contributed by atoms with E-state index in [1.807, 2.05) is 24.4 Å². The number of nitrogens with two attached hydrogens (primary N) is 1. The van der Waals surface area contributed by atoms with Crippen LogP contribution in [0.15, 0.2) is 24.4 Å². The van der Waals surface area contributed by atoms with Gasteiger partial charge in [-0.05, 0) is 51.2 Å². The van der Waals surface area contributed by atoms with Crippen molar-refractivity contribution in [3.8, 4) is 0 Å². The summed E-state index contributed by atoms with van der Waals surface area (Å²) >= 11 is 0. The molecule has 6 heterocycles. The lowest BCUT2D eigenvalue weighted by Crippen LogP contribution is -2.50. The van der Waals surface area contributed by atoms with Gasteiger partial charge in [-0.1, -0.05) is 6.07 Å². The first-order valence-corrected chi connectivity index (χ1v) is 15.2. The molecule has 0 amide bonds. The van der Waals surface area contributed by atoms with E-state index in [2.05, 4.69) is 26.9 Å². The topological polar surface area (TPSA) is 134 Å². The number of nitrogens with one attached hydrogen (secondary N) is 1. The van der Waals surface area contributed by atoms with Crippen molar-refractivity contribution in [2.75, 3.05) is 52.6 Å². The number of aromatic amines is 1. The number of hydrogen-bond donors (Lipinski definition) is 2. The van der Waals surface area contributed by atoms with E-state index in [9.17, 15) is 8.42 Å². The molecule has 0 radical (unpaired) electrons. The lowest BCUT2D eigenvalue weighted by atomic mass is 9.73. The second-order valence-electron chi connectivity index (χ2n) is 11.1. The number of nitrogens with zero attached hydrogens (tertiary/aromatic N) is 6. The molecule has 4 aliphatic rings. The van der Waals surface area contributed by atoms with Gasteiger partial charge in [0.1, 0.15) is 5.82 Å². The first-order valence-electron chi connectivity index (χ1n) is 13.6. The summed E-state index contributed by atoms with van der Waals surface area (Å²) in [5.41, 5.74) is 10.7. The van der Waals surface area contributed by atoms with Crippen LogP contribution in [0.1, 0.15) is 38.2 Å². The van der Waals surface area contributed by atoms with Crippen LogP contribution in [0.5, 0.6) is 0 Å². The average Bonchev–Trinajstić information content (AvgIpc) is 3.59. The highest BCUT2D eigenvalue weighted by molar-refractivity contribution is 7.93.